The van der Waals surface area contributed by atoms with Crippen molar-refractivity contribution in [2.75, 3.05) is 6.54 Å². The molecule has 0 aromatic heterocycles. The van der Waals surface area contributed by atoms with Crippen molar-refractivity contribution in [3.63, 3.8) is 0 Å². The van der Waals surface area contributed by atoms with Gasteiger partial charge in [-0.15, -0.1) is 0 Å². The average Bonchev–Trinajstić information content (AvgIpc) is 2.34. The van der Waals surface area contributed by atoms with E-state index in [9.17, 15) is 4.79 Å². The number of unbranched alkanes of at least 4 members (excludes halogenated alkanes) is 5. The van der Waals surface area contributed by atoms with Gasteiger partial charge in [-0.2, -0.15) is 13.0 Å². The Labute approximate surface area is 147 Å². The van der Waals surface area contributed by atoms with Crippen molar-refractivity contribution in [3.8, 4) is 0 Å². The van der Waals surface area contributed by atoms with Gasteiger partial charge in [0.1, 0.15) is 5.78 Å². The van der Waals surface area contributed by atoms with Crippen LogP contribution >= 0.6 is 0 Å². The molecule has 0 bridgehead atoms. The van der Waals surface area contributed by atoms with E-state index in [1.54, 1.807) is 6.92 Å². The Hall–Kier alpha value is 0.500. The molecule has 0 amide bonds. The van der Waals surface area contributed by atoms with Crippen molar-refractivity contribution in [2.45, 2.75) is 86.5 Å². The van der Waals surface area contributed by atoms with Crippen LogP contribution in [0.5, 0.6) is 0 Å². The molecule has 122 valence electrons. The van der Waals surface area contributed by atoms with Crippen molar-refractivity contribution >= 4 is 5.78 Å². The molecule has 0 saturated carbocycles. The van der Waals surface area contributed by atoms with E-state index in [0.717, 1.165) is 12.8 Å². The fourth-order valence-corrected chi connectivity index (χ4v) is 0.802. The summed E-state index contributed by atoms with van der Waals surface area (Å²) < 4.78 is 0. The molecule has 0 fully saturated rings. The topological polar surface area (TPSA) is 40.9 Å². The molecule has 0 aromatic rings. The number of Topliss-reactive ketones (excluding diaryl/α,β-unsaturated/α-hetero) is 1. The van der Waals surface area contributed by atoms with Crippen molar-refractivity contribution in [1.29, 1.82) is 0 Å². The molecule has 0 spiro atoms. The Bertz CT molecular complexity index is 160. The summed E-state index contributed by atoms with van der Waals surface area (Å²) in [6, 6.07) is 0. The molecule has 0 radical (unpaired) electrons. The third-order valence-electron chi connectivity index (χ3n) is 2.69. The molecule has 0 aliphatic rings. The molecule has 0 rings (SSSR count). The maximum Gasteiger partial charge on any atom is 0.135 e. The first-order valence-electron chi connectivity index (χ1n) is 7.72. The van der Waals surface area contributed by atoms with Crippen molar-refractivity contribution in [3.05, 3.63) is 12.7 Å². The number of ketones is 1. The molecule has 0 unspecified atom stereocenters. The summed E-state index contributed by atoms with van der Waals surface area (Å²) in [7, 11) is 0. The minimum atomic E-state index is -0.139. The van der Waals surface area contributed by atoms with E-state index in [-0.39, 0.29) is 37.0 Å². The molecule has 0 heterocycles. The van der Waals surface area contributed by atoms with Crippen LogP contribution in [0, 0.1) is 12.3 Å². The molecule has 0 atom stereocenters. The zero-order valence-corrected chi connectivity index (χ0v) is 18.4. The predicted molar refractivity (Wildman–Crippen MR) is 88.3 cm³/mol. The van der Waals surface area contributed by atoms with E-state index >= 15 is 0 Å². The first kappa shape index (κ1) is 28.6. The summed E-state index contributed by atoms with van der Waals surface area (Å²) in [4.78, 5) is 10.5. The number of rotatable bonds is 6. The molecule has 0 saturated heterocycles. The van der Waals surface area contributed by atoms with Crippen LogP contribution in [0.4, 0.5) is 0 Å². The third kappa shape index (κ3) is 36.3. The first-order chi connectivity index (χ1) is 8.77. The zero-order valence-electron chi connectivity index (χ0n) is 14.8. The van der Waals surface area contributed by atoms with Crippen LogP contribution in [0.2, 0.25) is 0 Å². The van der Waals surface area contributed by atoms with E-state index in [4.69, 9.17) is 5.73 Å². The van der Waals surface area contributed by atoms with E-state index in [1.807, 2.05) is 20.8 Å². The van der Waals surface area contributed by atoms with Gasteiger partial charge in [-0.3, -0.25) is 4.79 Å². The molecule has 0 aromatic carbocycles. The number of nitrogens with one attached hydrogen (secondary N) is 1. The van der Waals surface area contributed by atoms with Gasteiger partial charge in [0.2, 0.25) is 0 Å². The van der Waals surface area contributed by atoms with Gasteiger partial charge in [-0.25, -0.2) is 0 Å². The summed E-state index contributed by atoms with van der Waals surface area (Å²) >= 11 is 0. The number of carbonyl (C=O) groups excluding carboxylic acids is 1. The van der Waals surface area contributed by atoms with Crippen LogP contribution < -0.4 is 0 Å². The Morgan fingerprint density at radius 2 is 1.35 bits per heavy atom. The third-order valence-corrected chi connectivity index (χ3v) is 2.69. The quantitative estimate of drug-likeness (QED) is 0.268. The summed E-state index contributed by atoms with van der Waals surface area (Å²) in [6.07, 6.45) is 8.61. The van der Waals surface area contributed by atoms with Gasteiger partial charge in [0, 0.05) is 31.3 Å². The summed E-state index contributed by atoms with van der Waals surface area (Å²) in [5.41, 5.74) is 6.57. The molecule has 20 heavy (non-hydrogen) atoms. The Kier molecular flexibility index (Phi) is 31.2. The fourth-order valence-electron chi connectivity index (χ4n) is 0.802. The molecule has 2 nitrogen and oxygen atoms in total. The van der Waals surface area contributed by atoms with Crippen LogP contribution in [-0.4, -0.2) is 12.3 Å². The fraction of sp³-hybridized carbons (Fsp3) is 0.882. The van der Waals surface area contributed by atoms with Gasteiger partial charge in [0.25, 0.3) is 0 Å². The van der Waals surface area contributed by atoms with Crippen LogP contribution in [0.25, 0.3) is 5.73 Å². The van der Waals surface area contributed by atoms with Crippen molar-refractivity contribution in [2.24, 2.45) is 5.41 Å². The second-order valence-electron chi connectivity index (χ2n) is 5.82. The van der Waals surface area contributed by atoms with Crippen LogP contribution in [0.1, 0.15) is 86.5 Å². The zero-order chi connectivity index (χ0) is 15.7. The molecular weight excluding hydrogens is 413 g/mol. The van der Waals surface area contributed by atoms with Crippen LogP contribution in [0.3, 0.4) is 0 Å². The predicted octanol–water partition coefficient (Wildman–Crippen LogP) is 6.25. The van der Waals surface area contributed by atoms with Gasteiger partial charge in [-0.05, 0) is 6.92 Å². The average molecular weight is 450 g/mol. The molecule has 0 aliphatic carbocycles. The molecular formula is C17H37HfNO-2. The van der Waals surface area contributed by atoms with Gasteiger partial charge < -0.3 is 12.7 Å². The van der Waals surface area contributed by atoms with Gasteiger partial charge in [-0.1, -0.05) is 73.1 Å². The monoisotopic (exact) mass is 451 g/mol. The molecule has 1 N–H and O–H groups in total. The maximum absolute atomic E-state index is 10.5. The Morgan fingerprint density at radius 1 is 1.00 bits per heavy atom. The van der Waals surface area contributed by atoms with E-state index in [2.05, 4.69) is 20.8 Å². The number of hydrogen-bond donors (Lipinski definition) is 0. The first-order valence-corrected chi connectivity index (χ1v) is 7.72. The minimum absolute atomic E-state index is 0. The summed E-state index contributed by atoms with van der Waals surface area (Å²) in [5.74, 6) is 0.243. The Morgan fingerprint density at radius 3 is 1.45 bits per heavy atom. The van der Waals surface area contributed by atoms with Crippen LogP contribution in [-0.2, 0) is 30.6 Å². The second-order valence-corrected chi connectivity index (χ2v) is 5.82. The largest absolute Gasteiger partial charge is 0.677 e. The second kappa shape index (κ2) is 21.8. The summed E-state index contributed by atoms with van der Waals surface area (Å²) in [6.45, 7) is 16.0. The normalized spacial score (nSPS) is 9.40. The molecule has 3 heteroatoms. The van der Waals surface area contributed by atoms with Crippen molar-refractivity contribution in [1.82, 2.24) is 0 Å². The van der Waals surface area contributed by atoms with Crippen molar-refractivity contribution < 1.29 is 30.6 Å². The van der Waals surface area contributed by atoms with E-state index in [1.165, 1.54) is 32.1 Å². The number of hydrogen-bond acceptors (Lipinski definition) is 1. The van der Waals surface area contributed by atoms with Gasteiger partial charge >= 0.3 is 0 Å². The standard InChI is InChI=1S/C6H12O.C6H13.C5H12N.Hf/c1-5(7)6(2,3)4;1-3-5-6-4-2;1-2-3-4-5-6;/h1-4H3;1,3-6H2,2H3;6H,2-5H2,1H3;/q;2*-1;. The van der Waals surface area contributed by atoms with Crippen LogP contribution in [0.15, 0.2) is 0 Å². The number of carbonyl (C=O) groups is 1. The maximum atomic E-state index is 10.5. The SMILES string of the molecule is CC(=O)C(C)(C)C.CCCCC[NH-].[CH2-]CCCCC.[Hf]. The Balaban J connectivity index is -0.0000000941. The van der Waals surface area contributed by atoms with E-state index < -0.39 is 0 Å². The smallest absolute Gasteiger partial charge is 0.135 e. The van der Waals surface area contributed by atoms with Gasteiger partial charge in [0.15, 0.2) is 0 Å². The van der Waals surface area contributed by atoms with Gasteiger partial charge in [0.05, 0.1) is 0 Å². The summed E-state index contributed by atoms with van der Waals surface area (Å²) in [5, 5.41) is 0. The molecule has 0 aliphatic heterocycles. The van der Waals surface area contributed by atoms with E-state index in [0.29, 0.717) is 6.54 Å². The minimum Gasteiger partial charge on any atom is -0.677 e.